The summed E-state index contributed by atoms with van der Waals surface area (Å²) in [6, 6.07) is 5.59. The van der Waals surface area contributed by atoms with E-state index in [1.165, 1.54) is 30.6 Å². The average molecular weight is 304 g/mol. The number of nitrogens with one attached hydrogen (secondary N) is 1. The van der Waals surface area contributed by atoms with Crippen LogP contribution in [0.25, 0.3) is 0 Å². The van der Waals surface area contributed by atoms with Crippen LogP contribution >= 0.6 is 23.2 Å². The van der Waals surface area contributed by atoms with Crippen LogP contribution in [0.4, 0.5) is 5.95 Å². The Morgan fingerprint density at radius 3 is 2.33 bits per heavy atom. The zero-order chi connectivity index (χ0) is 13.2. The summed E-state index contributed by atoms with van der Waals surface area (Å²) >= 11 is 11.5. The fourth-order valence-electron chi connectivity index (χ4n) is 1.17. The molecule has 0 saturated carbocycles. The topological polar surface area (TPSA) is 72.0 Å². The molecular formula is C10H7Cl2N3O2S. The standard InChI is InChI=1S/C10H7Cl2N3O2S/c11-8-3-2-7(6-9(8)12)18(16,17)15-10-13-4-1-5-14-10/h1-6H,(H,13,14,15). The van der Waals surface area contributed by atoms with Crippen LogP contribution in [0.5, 0.6) is 0 Å². The van der Waals surface area contributed by atoms with Gasteiger partial charge in [-0.1, -0.05) is 23.2 Å². The van der Waals surface area contributed by atoms with Gasteiger partial charge in [-0.2, -0.15) is 0 Å². The van der Waals surface area contributed by atoms with Gasteiger partial charge < -0.3 is 0 Å². The van der Waals surface area contributed by atoms with Crippen molar-refractivity contribution in [2.45, 2.75) is 4.90 Å². The number of anilines is 1. The molecule has 1 aromatic heterocycles. The van der Waals surface area contributed by atoms with Crippen LogP contribution in [0, 0.1) is 0 Å². The highest BCUT2D eigenvalue weighted by atomic mass is 35.5. The van der Waals surface area contributed by atoms with Crippen LogP contribution in [0.15, 0.2) is 41.6 Å². The highest BCUT2D eigenvalue weighted by Crippen LogP contribution is 2.25. The van der Waals surface area contributed by atoms with Crippen molar-refractivity contribution in [1.82, 2.24) is 9.97 Å². The molecule has 2 aromatic rings. The third-order valence-electron chi connectivity index (χ3n) is 1.99. The minimum Gasteiger partial charge on any atom is -0.247 e. The van der Waals surface area contributed by atoms with Crippen molar-refractivity contribution in [2.24, 2.45) is 0 Å². The summed E-state index contributed by atoms with van der Waals surface area (Å²) in [7, 11) is -3.77. The fourth-order valence-corrected chi connectivity index (χ4v) is 2.52. The molecule has 1 heterocycles. The van der Waals surface area contributed by atoms with Gasteiger partial charge in [-0.15, -0.1) is 0 Å². The zero-order valence-electron chi connectivity index (χ0n) is 8.84. The Balaban J connectivity index is 2.34. The monoisotopic (exact) mass is 303 g/mol. The van der Waals surface area contributed by atoms with Crippen LogP contribution in [0.1, 0.15) is 0 Å². The molecule has 1 aromatic carbocycles. The van der Waals surface area contributed by atoms with Gasteiger partial charge in [0.05, 0.1) is 14.9 Å². The van der Waals surface area contributed by atoms with Crippen molar-refractivity contribution in [3.8, 4) is 0 Å². The van der Waals surface area contributed by atoms with Gasteiger partial charge >= 0.3 is 0 Å². The lowest BCUT2D eigenvalue weighted by atomic mass is 10.4. The summed E-state index contributed by atoms with van der Waals surface area (Å²) in [5.41, 5.74) is 0. The minimum atomic E-state index is -3.77. The van der Waals surface area contributed by atoms with Gasteiger partial charge in [0, 0.05) is 12.4 Å². The molecule has 0 atom stereocenters. The largest absolute Gasteiger partial charge is 0.264 e. The van der Waals surface area contributed by atoms with Gasteiger partial charge in [0.2, 0.25) is 5.95 Å². The molecule has 0 spiro atoms. The number of aromatic nitrogens is 2. The predicted octanol–water partition coefficient (Wildman–Crippen LogP) is 2.58. The lowest BCUT2D eigenvalue weighted by Gasteiger charge is -2.06. The second kappa shape index (κ2) is 5.09. The minimum absolute atomic E-state index is 0.00986. The highest BCUT2D eigenvalue weighted by molar-refractivity contribution is 7.92. The van der Waals surface area contributed by atoms with Crippen LogP contribution in [-0.4, -0.2) is 18.4 Å². The Morgan fingerprint density at radius 1 is 1.06 bits per heavy atom. The van der Waals surface area contributed by atoms with Crippen molar-refractivity contribution in [3.05, 3.63) is 46.7 Å². The lowest BCUT2D eigenvalue weighted by molar-refractivity contribution is 0.601. The molecule has 0 aliphatic rings. The quantitative estimate of drug-likeness (QED) is 0.946. The first-order valence-electron chi connectivity index (χ1n) is 4.74. The van der Waals surface area contributed by atoms with Crippen molar-refractivity contribution < 1.29 is 8.42 Å². The second-order valence-electron chi connectivity index (χ2n) is 3.25. The number of hydrogen-bond donors (Lipinski definition) is 1. The molecule has 1 N–H and O–H groups in total. The first kappa shape index (κ1) is 13.1. The maximum absolute atomic E-state index is 12.0. The molecule has 18 heavy (non-hydrogen) atoms. The Morgan fingerprint density at radius 2 is 1.72 bits per heavy atom. The lowest BCUT2D eigenvalue weighted by Crippen LogP contribution is -2.14. The molecule has 0 fully saturated rings. The van der Waals surface area contributed by atoms with E-state index in [0.29, 0.717) is 0 Å². The summed E-state index contributed by atoms with van der Waals surface area (Å²) in [5, 5.41) is 0.445. The van der Waals surface area contributed by atoms with Crippen molar-refractivity contribution in [1.29, 1.82) is 0 Å². The van der Waals surface area contributed by atoms with Crippen molar-refractivity contribution in [2.75, 3.05) is 4.72 Å². The first-order valence-corrected chi connectivity index (χ1v) is 6.98. The van der Waals surface area contributed by atoms with Crippen molar-refractivity contribution >= 4 is 39.2 Å². The number of hydrogen-bond acceptors (Lipinski definition) is 4. The molecule has 94 valence electrons. The van der Waals surface area contributed by atoms with E-state index in [-0.39, 0.29) is 20.9 Å². The number of sulfonamides is 1. The van der Waals surface area contributed by atoms with Gasteiger partial charge in [-0.05, 0) is 24.3 Å². The molecule has 0 radical (unpaired) electrons. The summed E-state index contributed by atoms with van der Waals surface area (Å²) in [5.74, 6) is -0.0106. The molecule has 5 nitrogen and oxygen atoms in total. The SMILES string of the molecule is O=S(=O)(Nc1ncccn1)c1ccc(Cl)c(Cl)c1. The van der Waals surface area contributed by atoms with Crippen LogP contribution in [0.2, 0.25) is 10.0 Å². The smallest absolute Gasteiger partial charge is 0.247 e. The van der Waals surface area contributed by atoms with E-state index in [0.717, 1.165) is 0 Å². The Hall–Kier alpha value is -1.37. The third-order valence-corrected chi connectivity index (χ3v) is 4.06. The van der Waals surface area contributed by atoms with E-state index in [4.69, 9.17) is 23.2 Å². The van der Waals surface area contributed by atoms with Crippen LogP contribution in [-0.2, 0) is 10.0 Å². The third kappa shape index (κ3) is 2.90. The molecule has 0 amide bonds. The summed E-state index contributed by atoms with van der Waals surface area (Å²) in [4.78, 5) is 7.53. The van der Waals surface area contributed by atoms with E-state index in [1.807, 2.05) is 0 Å². The Kier molecular flexibility index (Phi) is 3.70. The molecule has 0 bridgehead atoms. The van der Waals surface area contributed by atoms with Crippen LogP contribution in [0.3, 0.4) is 0 Å². The average Bonchev–Trinajstić information content (AvgIpc) is 2.33. The van der Waals surface area contributed by atoms with E-state index in [2.05, 4.69) is 14.7 Å². The van der Waals surface area contributed by atoms with E-state index in [9.17, 15) is 8.42 Å². The van der Waals surface area contributed by atoms with Gasteiger partial charge in [0.1, 0.15) is 0 Å². The van der Waals surface area contributed by atoms with Crippen molar-refractivity contribution in [3.63, 3.8) is 0 Å². The van der Waals surface area contributed by atoms with Gasteiger partial charge in [0.15, 0.2) is 0 Å². The number of halogens is 2. The Bertz CT molecular complexity index is 662. The number of nitrogens with zero attached hydrogens (tertiary/aromatic N) is 2. The van der Waals surface area contributed by atoms with E-state index >= 15 is 0 Å². The molecule has 0 aliphatic heterocycles. The number of benzene rings is 1. The van der Waals surface area contributed by atoms with Gasteiger partial charge in [0.25, 0.3) is 10.0 Å². The van der Waals surface area contributed by atoms with E-state index < -0.39 is 10.0 Å². The zero-order valence-corrected chi connectivity index (χ0v) is 11.2. The summed E-state index contributed by atoms with van der Waals surface area (Å²) in [6.07, 6.45) is 2.86. The Labute approximate surface area is 114 Å². The van der Waals surface area contributed by atoms with E-state index in [1.54, 1.807) is 6.07 Å². The normalized spacial score (nSPS) is 11.2. The molecule has 0 aliphatic carbocycles. The van der Waals surface area contributed by atoms with Gasteiger partial charge in [-0.25, -0.2) is 23.1 Å². The maximum atomic E-state index is 12.0. The maximum Gasteiger partial charge on any atom is 0.264 e. The van der Waals surface area contributed by atoms with Crippen LogP contribution < -0.4 is 4.72 Å². The molecule has 0 unspecified atom stereocenters. The first-order chi connectivity index (χ1) is 8.49. The molecule has 8 heteroatoms. The molecule has 2 rings (SSSR count). The number of rotatable bonds is 3. The van der Waals surface area contributed by atoms with Gasteiger partial charge in [-0.3, -0.25) is 0 Å². The fraction of sp³-hybridized carbons (Fsp3) is 0. The summed E-state index contributed by atoms with van der Waals surface area (Å²) in [6.45, 7) is 0. The predicted molar refractivity (Wildman–Crippen MR) is 69.3 cm³/mol. The second-order valence-corrected chi connectivity index (χ2v) is 5.75. The molecule has 0 saturated heterocycles. The highest BCUT2D eigenvalue weighted by Gasteiger charge is 2.16. The molecular weight excluding hydrogens is 297 g/mol. The summed E-state index contributed by atoms with van der Waals surface area (Å²) < 4.78 is 26.2.